The van der Waals surface area contributed by atoms with Crippen LogP contribution in [0.5, 0.6) is 0 Å². The predicted molar refractivity (Wildman–Crippen MR) is 65.7 cm³/mol. The van der Waals surface area contributed by atoms with Crippen LogP contribution in [0.25, 0.3) is 0 Å². The van der Waals surface area contributed by atoms with Gasteiger partial charge in [0.15, 0.2) is 0 Å². The van der Waals surface area contributed by atoms with E-state index in [9.17, 15) is 0 Å². The van der Waals surface area contributed by atoms with Crippen molar-refractivity contribution < 1.29 is 0 Å². The maximum Gasteiger partial charge on any atom is 0.126 e. The Labute approximate surface area is 96.7 Å². The molecule has 86 valence electrons. The van der Waals surface area contributed by atoms with Crippen LogP contribution in [-0.2, 0) is 0 Å². The van der Waals surface area contributed by atoms with Crippen molar-refractivity contribution in [3.8, 4) is 0 Å². The van der Waals surface area contributed by atoms with Gasteiger partial charge >= 0.3 is 0 Å². The number of nitrogens with zero attached hydrogens (tertiary/aromatic N) is 1. The minimum absolute atomic E-state index is 0.745. The van der Waals surface area contributed by atoms with Crippen molar-refractivity contribution in [2.75, 3.05) is 25.0 Å². The number of aromatic nitrogens is 1. The molecule has 1 aliphatic heterocycles. The van der Waals surface area contributed by atoms with Gasteiger partial charge in [0.05, 0.1) is 0 Å². The van der Waals surface area contributed by atoms with Crippen LogP contribution >= 0.6 is 0 Å². The largest absolute Gasteiger partial charge is 0.370 e. The monoisotopic (exact) mass is 217 g/mol. The Kier molecular flexibility index (Phi) is 2.79. The van der Waals surface area contributed by atoms with Crippen LogP contribution in [-0.4, -0.2) is 24.6 Å². The number of nitrogens with one attached hydrogen (secondary N) is 2. The number of anilines is 1. The maximum atomic E-state index is 4.66. The molecular weight excluding hydrogens is 198 g/mol. The van der Waals surface area contributed by atoms with Gasteiger partial charge in [0.2, 0.25) is 0 Å². The highest BCUT2D eigenvalue weighted by Crippen LogP contribution is 2.39. The van der Waals surface area contributed by atoms with Gasteiger partial charge in [0.25, 0.3) is 0 Å². The third kappa shape index (κ3) is 2.35. The zero-order chi connectivity index (χ0) is 10.8. The summed E-state index contributed by atoms with van der Waals surface area (Å²) in [5, 5.41) is 6.85. The van der Waals surface area contributed by atoms with Crippen LogP contribution in [0.3, 0.4) is 0 Å². The first-order valence-corrected chi connectivity index (χ1v) is 6.33. The summed E-state index contributed by atoms with van der Waals surface area (Å²) < 4.78 is 0. The summed E-state index contributed by atoms with van der Waals surface area (Å²) >= 11 is 0. The lowest BCUT2D eigenvalue weighted by Gasteiger charge is -2.11. The lowest BCUT2D eigenvalue weighted by molar-refractivity contribution is 0.614. The van der Waals surface area contributed by atoms with E-state index in [1.165, 1.54) is 31.5 Å². The van der Waals surface area contributed by atoms with Crippen LogP contribution in [0, 0.1) is 5.92 Å². The van der Waals surface area contributed by atoms with Gasteiger partial charge in [-0.1, -0.05) is 6.07 Å². The number of hydrogen-bond acceptors (Lipinski definition) is 3. The molecular formula is C13H19N3. The Bertz CT molecular complexity index is 354. The van der Waals surface area contributed by atoms with Gasteiger partial charge in [-0.25, -0.2) is 4.98 Å². The van der Waals surface area contributed by atoms with Crippen molar-refractivity contribution in [3.63, 3.8) is 0 Å². The number of rotatable bonds is 4. The van der Waals surface area contributed by atoms with Crippen molar-refractivity contribution in [1.29, 1.82) is 0 Å². The van der Waals surface area contributed by atoms with Crippen molar-refractivity contribution in [2.45, 2.75) is 25.2 Å². The van der Waals surface area contributed by atoms with E-state index in [4.69, 9.17) is 0 Å². The van der Waals surface area contributed by atoms with E-state index in [1.54, 1.807) is 0 Å². The van der Waals surface area contributed by atoms with Crippen LogP contribution in [0.1, 0.15) is 30.9 Å². The molecule has 0 aromatic carbocycles. The molecule has 1 aromatic rings. The Hall–Kier alpha value is -1.09. The fraction of sp³-hybridized carbons (Fsp3) is 0.615. The summed E-state index contributed by atoms with van der Waals surface area (Å²) in [4.78, 5) is 4.66. The first kappa shape index (κ1) is 10.1. The second kappa shape index (κ2) is 4.42. The van der Waals surface area contributed by atoms with Crippen LogP contribution in [0.4, 0.5) is 5.82 Å². The van der Waals surface area contributed by atoms with E-state index >= 15 is 0 Å². The molecule has 1 saturated heterocycles. The van der Waals surface area contributed by atoms with Gasteiger partial charge in [-0.2, -0.15) is 0 Å². The Morgan fingerprint density at radius 2 is 2.25 bits per heavy atom. The SMILES string of the molecule is c1cc(NCC2CCNC2)nc(C2CC2)c1. The second-order valence-corrected chi connectivity index (χ2v) is 4.96. The molecule has 3 rings (SSSR count). The van der Waals surface area contributed by atoms with E-state index in [0.717, 1.165) is 30.7 Å². The van der Waals surface area contributed by atoms with E-state index in [-0.39, 0.29) is 0 Å². The predicted octanol–water partition coefficient (Wildman–Crippen LogP) is 1.98. The molecule has 2 heterocycles. The number of pyridine rings is 1. The molecule has 0 radical (unpaired) electrons. The lowest BCUT2D eigenvalue weighted by atomic mass is 10.1. The van der Waals surface area contributed by atoms with E-state index < -0.39 is 0 Å². The average molecular weight is 217 g/mol. The van der Waals surface area contributed by atoms with Gasteiger partial charge in [-0.15, -0.1) is 0 Å². The van der Waals surface area contributed by atoms with Crippen molar-refractivity contribution in [3.05, 3.63) is 23.9 Å². The van der Waals surface area contributed by atoms with Gasteiger partial charge < -0.3 is 10.6 Å². The van der Waals surface area contributed by atoms with Crippen molar-refractivity contribution >= 4 is 5.82 Å². The standard InChI is InChI=1S/C13H19N3/c1-2-12(11-4-5-11)16-13(3-1)15-9-10-6-7-14-8-10/h1-3,10-11,14H,4-9H2,(H,15,16). The molecule has 2 aliphatic rings. The molecule has 1 aliphatic carbocycles. The minimum Gasteiger partial charge on any atom is -0.370 e. The summed E-state index contributed by atoms with van der Waals surface area (Å²) in [5.41, 5.74) is 1.27. The summed E-state index contributed by atoms with van der Waals surface area (Å²) in [7, 11) is 0. The van der Waals surface area contributed by atoms with Crippen molar-refractivity contribution in [2.24, 2.45) is 5.92 Å². The zero-order valence-electron chi connectivity index (χ0n) is 9.58. The van der Waals surface area contributed by atoms with Crippen molar-refractivity contribution in [1.82, 2.24) is 10.3 Å². The molecule has 16 heavy (non-hydrogen) atoms. The summed E-state index contributed by atoms with van der Waals surface area (Å²) in [6.45, 7) is 3.37. The maximum absolute atomic E-state index is 4.66. The first-order chi connectivity index (χ1) is 7.92. The van der Waals surface area contributed by atoms with E-state index in [1.807, 2.05) is 0 Å². The minimum atomic E-state index is 0.745. The normalized spacial score (nSPS) is 24.6. The quantitative estimate of drug-likeness (QED) is 0.809. The Balaban J connectivity index is 1.58. The molecule has 1 aromatic heterocycles. The van der Waals surface area contributed by atoms with Crippen LogP contribution in [0.2, 0.25) is 0 Å². The molecule has 1 unspecified atom stereocenters. The van der Waals surface area contributed by atoms with Gasteiger partial charge in [-0.05, 0) is 50.4 Å². The molecule has 2 N–H and O–H groups in total. The van der Waals surface area contributed by atoms with Gasteiger partial charge in [0, 0.05) is 18.2 Å². The van der Waals surface area contributed by atoms with E-state index in [2.05, 4.69) is 33.8 Å². The highest BCUT2D eigenvalue weighted by atomic mass is 15.0. The molecule has 0 amide bonds. The first-order valence-electron chi connectivity index (χ1n) is 6.33. The molecule has 1 saturated carbocycles. The molecule has 3 nitrogen and oxygen atoms in total. The molecule has 3 heteroatoms. The summed E-state index contributed by atoms with van der Waals surface area (Å²) in [5.74, 6) is 2.57. The smallest absolute Gasteiger partial charge is 0.126 e. The topological polar surface area (TPSA) is 37.0 Å². The Morgan fingerprint density at radius 3 is 3.00 bits per heavy atom. The highest BCUT2D eigenvalue weighted by Gasteiger charge is 2.24. The lowest BCUT2D eigenvalue weighted by Crippen LogP contribution is -2.17. The molecule has 0 bridgehead atoms. The second-order valence-electron chi connectivity index (χ2n) is 4.96. The Morgan fingerprint density at radius 1 is 1.31 bits per heavy atom. The van der Waals surface area contributed by atoms with Gasteiger partial charge in [0.1, 0.15) is 5.82 Å². The third-order valence-corrected chi connectivity index (χ3v) is 3.50. The number of hydrogen-bond donors (Lipinski definition) is 2. The molecule has 0 spiro atoms. The molecule has 1 atom stereocenters. The zero-order valence-corrected chi connectivity index (χ0v) is 9.58. The fourth-order valence-electron chi connectivity index (χ4n) is 2.29. The van der Waals surface area contributed by atoms with E-state index in [0.29, 0.717) is 0 Å². The van der Waals surface area contributed by atoms with Gasteiger partial charge in [-0.3, -0.25) is 0 Å². The molecule has 2 fully saturated rings. The van der Waals surface area contributed by atoms with Crippen LogP contribution in [0.15, 0.2) is 18.2 Å². The highest BCUT2D eigenvalue weighted by molar-refractivity contribution is 5.36. The van der Waals surface area contributed by atoms with Crippen LogP contribution < -0.4 is 10.6 Å². The summed E-state index contributed by atoms with van der Waals surface area (Å²) in [6, 6.07) is 6.35. The third-order valence-electron chi connectivity index (χ3n) is 3.50. The fourth-order valence-corrected chi connectivity index (χ4v) is 2.29. The summed E-state index contributed by atoms with van der Waals surface area (Å²) in [6.07, 6.45) is 3.93. The average Bonchev–Trinajstić information content (AvgIpc) is 3.05.